The molecule has 1 aromatic carbocycles. The summed E-state index contributed by atoms with van der Waals surface area (Å²) in [5.74, 6) is -0.00731. The van der Waals surface area contributed by atoms with Crippen molar-refractivity contribution in [2.45, 2.75) is 26.9 Å². The molecule has 0 spiro atoms. The molecular formula is C16H23ClN4O. The monoisotopic (exact) mass is 322 g/mol. The van der Waals surface area contributed by atoms with Crippen molar-refractivity contribution in [2.75, 3.05) is 13.6 Å². The number of halogens is 1. The van der Waals surface area contributed by atoms with E-state index >= 15 is 0 Å². The molecule has 6 heteroatoms. The summed E-state index contributed by atoms with van der Waals surface area (Å²) in [5.41, 5.74) is 4.37. The second-order valence-corrected chi connectivity index (χ2v) is 5.10. The van der Waals surface area contributed by atoms with Crippen LogP contribution in [-0.2, 0) is 17.9 Å². The molecule has 0 aliphatic heterocycles. The molecule has 0 fully saturated rings. The summed E-state index contributed by atoms with van der Waals surface area (Å²) < 4.78 is 1.99. The van der Waals surface area contributed by atoms with Crippen molar-refractivity contribution in [2.24, 2.45) is 0 Å². The van der Waals surface area contributed by atoms with Gasteiger partial charge in [0.2, 0.25) is 5.91 Å². The first-order chi connectivity index (χ1) is 10.1. The van der Waals surface area contributed by atoms with Gasteiger partial charge in [-0.25, -0.2) is 0 Å². The smallest absolute Gasteiger partial charge is 0.234 e. The van der Waals surface area contributed by atoms with Gasteiger partial charge in [-0.15, -0.1) is 12.4 Å². The molecule has 0 bridgehead atoms. The molecule has 0 saturated carbocycles. The van der Waals surface area contributed by atoms with E-state index in [0.29, 0.717) is 13.1 Å². The molecule has 0 aliphatic rings. The van der Waals surface area contributed by atoms with Crippen molar-refractivity contribution in [1.82, 2.24) is 20.4 Å². The van der Waals surface area contributed by atoms with Crippen LogP contribution in [0.15, 0.2) is 30.3 Å². The molecule has 22 heavy (non-hydrogen) atoms. The number of hydrogen-bond donors (Lipinski definition) is 2. The van der Waals surface area contributed by atoms with Crippen LogP contribution in [-0.4, -0.2) is 29.3 Å². The molecule has 120 valence electrons. The van der Waals surface area contributed by atoms with Gasteiger partial charge in [-0.1, -0.05) is 30.3 Å². The molecule has 2 aromatic rings. The number of aryl methyl sites for hydroxylation is 1. The van der Waals surface area contributed by atoms with Crippen molar-refractivity contribution >= 4 is 18.3 Å². The number of hydrogen-bond acceptors (Lipinski definition) is 3. The highest BCUT2D eigenvalue weighted by molar-refractivity contribution is 5.85. The minimum absolute atomic E-state index is 0. The molecular weight excluding hydrogens is 300 g/mol. The van der Waals surface area contributed by atoms with E-state index in [1.54, 1.807) is 7.05 Å². The predicted octanol–water partition coefficient (Wildman–Crippen LogP) is 1.81. The Hall–Kier alpha value is -1.85. The zero-order chi connectivity index (χ0) is 15.2. The first kappa shape index (κ1) is 18.2. The Morgan fingerprint density at radius 2 is 1.91 bits per heavy atom. The van der Waals surface area contributed by atoms with Crippen molar-refractivity contribution in [1.29, 1.82) is 0 Å². The quantitative estimate of drug-likeness (QED) is 0.852. The lowest BCUT2D eigenvalue weighted by molar-refractivity contribution is -0.120. The largest absolute Gasteiger partial charge is 0.351 e. The van der Waals surface area contributed by atoms with Crippen LogP contribution in [0, 0.1) is 13.8 Å². The summed E-state index contributed by atoms with van der Waals surface area (Å²) in [6.07, 6.45) is 0. The van der Waals surface area contributed by atoms with Gasteiger partial charge in [-0.3, -0.25) is 9.48 Å². The average molecular weight is 323 g/mol. The second kappa shape index (κ2) is 8.56. The third-order valence-electron chi connectivity index (χ3n) is 3.51. The fourth-order valence-corrected chi connectivity index (χ4v) is 2.31. The number of carbonyl (C=O) groups excluding carboxylic acids is 1. The molecule has 0 saturated heterocycles. The number of nitrogens with zero attached hydrogens (tertiary/aromatic N) is 2. The lowest BCUT2D eigenvalue weighted by Crippen LogP contribution is -2.31. The van der Waals surface area contributed by atoms with E-state index in [0.717, 1.165) is 23.5 Å². The number of likely N-dealkylation sites (N-methyl/N-ethyl adjacent to an activating group) is 1. The zero-order valence-electron chi connectivity index (χ0n) is 13.2. The SMILES string of the molecule is CNCC(=O)NCc1c(C)nn(Cc2ccccc2)c1C.Cl. The first-order valence-electron chi connectivity index (χ1n) is 7.10. The molecule has 2 N–H and O–H groups in total. The summed E-state index contributed by atoms with van der Waals surface area (Å²) in [6, 6.07) is 10.2. The van der Waals surface area contributed by atoms with E-state index in [1.807, 2.05) is 36.7 Å². The topological polar surface area (TPSA) is 59.0 Å². The normalized spacial score (nSPS) is 10.1. The van der Waals surface area contributed by atoms with E-state index < -0.39 is 0 Å². The lowest BCUT2D eigenvalue weighted by atomic mass is 10.2. The summed E-state index contributed by atoms with van der Waals surface area (Å²) in [4.78, 5) is 11.5. The van der Waals surface area contributed by atoms with Crippen LogP contribution in [0.1, 0.15) is 22.5 Å². The minimum atomic E-state index is -0.00731. The Morgan fingerprint density at radius 1 is 1.23 bits per heavy atom. The van der Waals surface area contributed by atoms with Crippen LogP contribution < -0.4 is 10.6 Å². The van der Waals surface area contributed by atoms with Gasteiger partial charge in [0.05, 0.1) is 18.8 Å². The first-order valence-corrected chi connectivity index (χ1v) is 7.10. The summed E-state index contributed by atoms with van der Waals surface area (Å²) in [5, 5.41) is 10.3. The van der Waals surface area contributed by atoms with Crippen LogP contribution in [0.5, 0.6) is 0 Å². The highest BCUT2D eigenvalue weighted by Gasteiger charge is 2.12. The Balaban J connectivity index is 0.00000242. The highest BCUT2D eigenvalue weighted by atomic mass is 35.5. The van der Waals surface area contributed by atoms with Gasteiger partial charge in [0, 0.05) is 17.8 Å². The van der Waals surface area contributed by atoms with Crippen molar-refractivity contribution in [3.05, 3.63) is 52.8 Å². The van der Waals surface area contributed by atoms with E-state index in [9.17, 15) is 4.79 Å². The van der Waals surface area contributed by atoms with Crippen LogP contribution >= 0.6 is 12.4 Å². The number of aromatic nitrogens is 2. The zero-order valence-corrected chi connectivity index (χ0v) is 14.0. The molecule has 0 unspecified atom stereocenters. The molecule has 5 nitrogen and oxygen atoms in total. The molecule has 1 heterocycles. The van der Waals surface area contributed by atoms with E-state index in [2.05, 4.69) is 27.9 Å². The van der Waals surface area contributed by atoms with E-state index in [-0.39, 0.29) is 18.3 Å². The number of rotatable bonds is 6. The third kappa shape index (κ3) is 4.58. The van der Waals surface area contributed by atoms with Gasteiger partial charge >= 0.3 is 0 Å². The number of nitrogens with one attached hydrogen (secondary N) is 2. The number of carbonyl (C=O) groups is 1. The van der Waals surface area contributed by atoms with E-state index in [1.165, 1.54) is 5.56 Å². The standard InChI is InChI=1S/C16H22N4O.ClH/c1-12-15(9-18-16(21)10-17-3)13(2)20(19-12)11-14-7-5-4-6-8-14;/h4-8,17H,9-11H2,1-3H3,(H,18,21);1H. The summed E-state index contributed by atoms with van der Waals surface area (Å²) in [6.45, 7) is 5.62. The summed E-state index contributed by atoms with van der Waals surface area (Å²) >= 11 is 0. The molecule has 1 aromatic heterocycles. The van der Waals surface area contributed by atoms with Crippen LogP contribution in [0.4, 0.5) is 0 Å². The fourth-order valence-electron chi connectivity index (χ4n) is 2.31. The van der Waals surface area contributed by atoms with Crippen molar-refractivity contribution < 1.29 is 4.79 Å². The van der Waals surface area contributed by atoms with Crippen molar-refractivity contribution in [3.8, 4) is 0 Å². The van der Waals surface area contributed by atoms with Gasteiger partial charge < -0.3 is 10.6 Å². The lowest BCUT2D eigenvalue weighted by Gasteiger charge is -2.07. The molecule has 1 amide bonds. The Bertz CT molecular complexity index is 610. The predicted molar refractivity (Wildman–Crippen MR) is 90.3 cm³/mol. The maximum absolute atomic E-state index is 11.5. The summed E-state index contributed by atoms with van der Waals surface area (Å²) in [7, 11) is 1.76. The van der Waals surface area contributed by atoms with Gasteiger partial charge in [0.1, 0.15) is 0 Å². The minimum Gasteiger partial charge on any atom is -0.351 e. The Kier molecular flexibility index (Phi) is 7.08. The number of amides is 1. The number of benzene rings is 1. The maximum atomic E-state index is 11.5. The third-order valence-corrected chi connectivity index (χ3v) is 3.51. The van der Waals surface area contributed by atoms with Gasteiger partial charge in [-0.05, 0) is 26.5 Å². The molecule has 2 rings (SSSR count). The second-order valence-electron chi connectivity index (χ2n) is 5.10. The van der Waals surface area contributed by atoms with Crippen LogP contribution in [0.25, 0.3) is 0 Å². The fraction of sp³-hybridized carbons (Fsp3) is 0.375. The van der Waals surface area contributed by atoms with Gasteiger partial charge in [-0.2, -0.15) is 5.10 Å². The Labute approximate surface area is 137 Å². The van der Waals surface area contributed by atoms with Crippen LogP contribution in [0.3, 0.4) is 0 Å². The van der Waals surface area contributed by atoms with E-state index in [4.69, 9.17) is 0 Å². The highest BCUT2D eigenvalue weighted by Crippen LogP contribution is 2.14. The molecule has 0 aliphatic carbocycles. The average Bonchev–Trinajstić information content (AvgIpc) is 2.73. The molecule has 0 radical (unpaired) electrons. The van der Waals surface area contributed by atoms with Crippen molar-refractivity contribution in [3.63, 3.8) is 0 Å². The Morgan fingerprint density at radius 3 is 2.55 bits per heavy atom. The van der Waals surface area contributed by atoms with Crippen LogP contribution in [0.2, 0.25) is 0 Å². The molecule has 0 atom stereocenters. The van der Waals surface area contributed by atoms with Gasteiger partial charge in [0.15, 0.2) is 0 Å². The van der Waals surface area contributed by atoms with Gasteiger partial charge in [0.25, 0.3) is 0 Å². The maximum Gasteiger partial charge on any atom is 0.234 e.